The molecule has 0 saturated carbocycles. The molecule has 1 aromatic carbocycles. The van der Waals surface area contributed by atoms with Crippen LogP contribution in [0.1, 0.15) is 50.5 Å². The Hall–Kier alpha value is -3.00. The molecule has 1 fully saturated rings. The molecule has 1 aliphatic heterocycles. The number of nitrogens with one attached hydrogen (secondary N) is 3. The van der Waals surface area contributed by atoms with Crippen LogP contribution in [0.2, 0.25) is 0 Å². The zero-order valence-electron chi connectivity index (χ0n) is 17.7. The van der Waals surface area contributed by atoms with Crippen LogP contribution in [0.5, 0.6) is 0 Å². The van der Waals surface area contributed by atoms with Crippen LogP contribution in [0.25, 0.3) is 0 Å². The Balaban J connectivity index is 1.83. The van der Waals surface area contributed by atoms with E-state index in [0.717, 1.165) is 19.4 Å². The number of rotatable bonds is 5. The number of Topliss-reactive ketones (excluding diaryl/α,β-unsaturated/α-hetero) is 1. The van der Waals surface area contributed by atoms with Gasteiger partial charge in [-0.3, -0.25) is 14.4 Å². The SMILES string of the molecule is Cc1ccc(NC(=O)c2c(C)c(C(=O)C(=O)N[C@@H]3CCCNC3)n(C)c2C)cc1F. The summed E-state index contributed by atoms with van der Waals surface area (Å²) in [6.45, 7) is 6.52. The van der Waals surface area contributed by atoms with Crippen LogP contribution in [0.3, 0.4) is 0 Å². The Labute approximate surface area is 175 Å². The van der Waals surface area contributed by atoms with Crippen molar-refractivity contribution in [3.05, 3.63) is 52.1 Å². The average Bonchev–Trinajstić information content (AvgIpc) is 2.93. The van der Waals surface area contributed by atoms with Crippen molar-refractivity contribution in [3.63, 3.8) is 0 Å². The third-order valence-electron chi connectivity index (χ3n) is 5.64. The number of hydrogen-bond acceptors (Lipinski definition) is 4. The van der Waals surface area contributed by atoms with Gasteiger partial charge in [0.2, 0.25) is 0 Å². The normalized spacial score (nSPS) is 16.2. The number of aromatic nitrogens is 1. The van der Waals surface area contributed by atoms with Crippen LogP contribution >= 0.6 is 0 Å². The molecule has 0 aliphatic carbocycles. The van der Waals surface area contributed by atoms with E-state index in [1.165, 1.54) is 6.07 Å². The van der Waals surface area contributed by atoms with Crippen LogP contribution in [0.4, 0.5) is 10.1 Å². The molecule has 2 heterocycles. The van der Waals surface area contributed by atoms with Gasteiger partial charge in [0, 0.05) is 31.0 Å². The van der Waals surface area contributed by atoms with Crippen LogP contribution in [0, 0.1) is 26.6 Å². The summed E-state index contributed by atoms with van der Waals surface area (Å²) in [5.74, 6) is -2.23. The lowest BCUT2D eigenvalue weighted by molar-refractivity contribution is -0.117. The van der Waals surface area contributed by atoms with Crippen molar-refractivity contribution in [2.45, 2.75) is 39.7 Å². The van der Waals surface area contributed by atoms with Gasteiger partial charge >= 0.3 is 0 Å². The summed E-state index contributed by atoms with van der Waals surface area (Å²) in [6.07, 6.45) is 1.75. The summed E-state index contributed by atoms with van der Waals surface area (Å²) in [7, 11) is 1.65. The second-order valence-electron chi connectivity index (χ2n) is 7.76. The number of carbonyl (C=O) groups is 3. The Morgan fingerprint density at radius 2 is 1.93 bits per heavy atom. The molecule has 0 spiro atoms. The lowest BCUT2D eigenvalue weighted by Crippen LogP contribution is -2.48. The molecule has 2 amide bonds. The minimum Gasteiger partial charge on any atom is -0.345 e. The van der Waals surface area contributed by atoms with E-state index in [4.69, 9.17) is 0 Å². The lowest BCUT2D eigenvalue weighted by Gasteiger charge is -2.23. The van der Waals surface area contributed by atoms with E-state index in [1.807, 2.05) is 0 Å². The second-order valence-corrected chi connectivity index (χ2v) is 7.76. The van der Waals surface area contributed by atoms with Gasteiger partial charge in [0.15, 0.2) is 0 Å². The highest BCUT2D eigenvalue weighted by Crippen LogP contribution is 2.24. The zero-order valence-corrected chi connectivity index (χ0v) is 17.7. The molecule has 2 aromatic rings. The van der Waals surface area contributed by atoms with Crippen molar-refractivity contribution >= 4 is 23.3 Å². The molecule has 3 N–H and O–H groups in total. The minimum absolute atomic E-state index is 0.0870. The predicted octanol–water partition coefficient (Wildman–Crippen LogP) is 2.39. The molecule has 7 nitrogen and oxygen atoms in total. The summed E-state index contributed by atoms with van der Waals surface area (Å²) < 4.78 is 15.4. The fraction of sp³-hybridized carbons (Fsp3) is 0.409. The highest BCUT2D eigenvalue weighted by Gasteiger charge is 2.29. The quantitative estimate of drug-likeness (QED) is 0.518. The average molecular weight is 414 g/mol. The first-order valence-electron chi connectivity index (χ1n) is 10.00. The van der Waals surface area contributed by atoms with Crippen LogP contribution in [0.15, 0.2) is 18.2 Å². The van der Waals surface area contributed by atoms with Gasteiger partial charge in [-0.1, -0.05) is 6.07 Å². The van der Waals surface area contributed by atoms with E-state index >= 15 is 0 Å². The number of benzene rings is 1. The molecule has 0 radical (unpaired) electrons. The molecule has 1 aliphatic rings. The van der Waals surface area contributed by atoms with Crippen molar-refractivity contribution in [2.75, 3.05) is 18.4 Å². The number of anilines is 1. The van der Waals surface area contributed by atoms with E-state index < -0.39 is 23.4 Å². The van der Waals surface area contributed by atoms with E-state index in [2.05, 4.69) is 16.0 Å². The minimum atomic E-state index is -0.681. The fourth-order valence-electron chi connectivity index (χ4n) is 3.83. The monoisotopic (exact) mass is 414 g/mol. The summed E-state index contributed by atoms with van der Waals surface area (Å²) in [6, 6.07) is 4.35. The van der Waals surface area contributed by atoms with Crippen LogP contribution in [-0.2, 0) is 11.8 Å². The Morgan fingerprint density at radius 1 is 1.20 bits per heavy atom. The number of hydrogen-bond donors (Lipinski definition) is 3. The molecule has 0 bridgehead atoms. The van der Waals surface area contributed by atoms with Gasteiger partial charge < -0.3 is 20.5 Å². The van der Waals surface area contributed by atoms with Gasteiger partial charge in [-0.25, -0.2) is 4.39 Å². The third kappa shape index (κ3) is 4.28. The van der Waals surface area contributed by atoms with Gasteiger partial charge in [-0.05, 0) is 63.4 Å². The molecule has 0 unspecified atom stereocenters. The summed E-state index contributed by atoms with van der Waals surface area (Å²) in [5, 5.41) is 8.63. The maximum Gasteiger partial charge on any atom is 0.294 e. The zero-order chi connectivity index (χ0) is 22.0. The largest absolute Gasteiger partial charge is 0.345 e. The van der Waals surface area contributed by atoms with Crippen molar-refractivity contribution < 1.29 is 18.8 Å². The van der Waals surface area contributed by atoms with Gasteiger partial charge in [0.05, 0.1) is 11.3 Å². The number of aryl methyl sites for hydroxylation is 1. The molecule has 3 rings (SSSR count). The van der Waals surface area contributed by atoms with E-state index in [-0.39, 0.29) is 11.7 Å². The molecule has 1 aromatic heterocycles. The first-order valence-corrected chi connectivity index (χ1v) is 10.00. The van der Waals surface area contributed by atoms with Gasteiger partial charge in [0.25, 0.3) is 17.6 Å². The Morgan fingerprint density at radius 3 is 2.57 bits per heavy atom. The van der Waals surface area contributed by atoms with Crippen LogP contribution in [-0.4, -0.2) is 41.3 Å². The maximum atomic E-state index is 13.8. The molecule has 1 saturated heterocycles. The first-order chi connectivity index (χ1) is 14.2. The van der Waals surface area contributed by atoms with E-state index in [1.54, 1.807) is 44.5 Å². The third-order valence-corrected chi connectivity index (χ3v) is 5.64. The summed E-state index contributed by atoms with van der Waals surface area (Å²) in [4.78, 5) is 38.2. The number of carbonyl (C=O) groups excluding carboxylic acids is 3. The summed E-state index contributed by atoms with van der Waals surface area (Å²) in [5.41, 5.74) is 2.24. The topological polar surface area (TPSA) is 92.2 Å². The van der Waals surface area contributed by atoms with E-state index in [0.29, 0.717) is 34.6 Å². The van der Waals surface area contributed by atoms with Gasteiger partial charge in [0.1, 0.15) is 5.82 Å². The second kappa shape index (κ2) is 8.79. The standard InChI is InChI=1S/C22H27FN4O3/c1-12-7-8-15(10-17(12)23)25-21(29)18-13(2)19(27(4)14(18)3)20(28)22(30)26-16-6-5-9-24-11-16/h7-8,10,16,24H,5-6,9,11H2,1-4H3,(H,25,29)(H,26,30)/t16-/m1/s1. The fourth-order valence-corrected chi connectivity index (χ4v) is 3.83. The van der Waals surface area contributed by atoms with Crippen molar-refractivity contribution in [1.29, 1.82) is 0 Å². The Bertz CT molecular complexity index is 1010. The smallest absolute Gasteiger partial charge is 0.294 e. The highest BCUT2D eigenvalue weighted by molar-refractivity contribution is 6.43. The maximum absolute atomic E-state index is 13.8. The molecule has 160 valence electrons. The van der Waals surface area contributed by atoms with Gasteiger partial charge in [-0.2, -0.15) is 0 Å². The van der Waals surface area contributed by atoms with Crippen molar-refractivity contribution in [3.8, 4) is 0 Å². The van der Waals surface area contributed by atoms with E-state index in [9.17, 15) is 18.8 Å². The Kier molecular flexibility index (Phi) is 6.36. The lowest BCUT2D eigenvalue weighted by atomic mass is 10.1. The number of halogens is 1. The van der Waals surface area contributed by atoms with Crippen molar-refractivity contribution in [2.24, 2.45) is 7.05 Å². The number of nitrogens with zero attached hydrogens (tertiary/aromatic N) is 1. The molecule has 30 heavy (non-hydrogen) atoms. The number of amides is 2. The molecule has 1 atom stereocenters. The highest BCUT2D eigenvalue weighted by atomic mass is 19.1. The number of ketones is 1. The predicted molar refractivity (Wildman–Crippen MR) is 112 cm³/mol. The number of piperidine rings is 1. The molecule has 8 heteroatoms. The molecular weight excluding hydrogens is 387 g/mol. The first kappa shape index (κ1) is 21.7. The van der Waals surface area contributed by atoms with Gasteiger partial charge in [-0.15, -0.1) is 0 Å². The summed E-state index contributed by atoms with van der Waals surface area (Å²) >= 11 is 0. The van der Waals surface area contributed by atoms with Crippen LogP contribution < -0.4 is 16.0 Å². The van der Waals surface area contributed by atoms with Crippen molar-refractivity contribution in [1.82, 2.24) is 15.2 Å². The molecular formula is C22H27FN4O3.